The number of H-pyrrole nitrogens is 1. The normalized spacial score (nSPS) is 23.7. The van der Waals surface area contributed by atoms with Crippen LogP contribution in [0.1, 0.15) is 32.0 Å². The lowest BCUT2D eigenvalue weighted by atomic mass is 10.1. The van der Waals surface area contributed by atoms with Gasteiger partial charge in [-0.1, -0.05) is 6.92 Å². The molecule has 0 radical (unpaired) electrons. The number of likely N-dealkylation sites (tertiary alicyclic amines) is 1. The van der Waals surface area contributed by atoms with E-state index in [0.717, 1.165) is 24.8 Å². The molecule has 1 atom stereocenters. The molecule has 1 aliphatic carbocycles. The average molecular weight is 262 g/mol. The molecule has 1 saturated heterocycles. The van der Waals surface area contributed by atoms with Gasteiger partial charge in [-0.25, -0.2) is 4.98 Å². The highest BCUT2D eigenvalue weighted by molar-refractivity contribution is 5.33. The van der Waals surface area contributed by atoms with Crippen LogP contribution in [0.15, 0.2) is 10.9 Å². The van der Waals surface area contributed by atoms with Crippen LogP contribution < -0.4 is 10.9 Å². The molecule has 1 aromatic heterocycles. The minimum absolute atomic E-state index is 0.0691. The van der Waals surface area contributed by atoms with Gasteiger partial charge in [0.15, 0.2) is 0 Å². The van der Waals surface area contributed by atoms with E-state index in [-0.39, 0.29) is 5.56 Å². The van der Waals surface area contributed by atoms with Crippen molar-refractivity contribution in [3.63, 3.8) is 0 Å². The van der Waals surface area contributed by atoms with Crippen molar-refractivity contribution < 1.29 is 0 Å². The molecule has 3 rings (SSSR count). The number of anilines is 1. The molecule has 19 heavy (non-hydrogen) atoms. The SMILES string of the molecule is CCc1nc(NCC2CCN(C3CC3)C2)cc(=O)[nH]1. The molecule has 2 heterocycles. The molecule has 2 fully saturated rings. The summed E-state index contributed by atoms with van der Waals surface area (Å²) in [6.45, 7) is 5.34. The Balaban J connectivity index is 1.54. The Bertz CT molecular complexity index is 494. The Morgan fingerprint density at radius 2 is 2.32 bits per heavy atom. The Morgan fingerprint density at radius 3 is 3.05 bits per heavy atom. The van der Waals surface area contributed by atoms with E-state index in [2.05, 4.69) is 20.2 Å². The highest BCUT2D eigenvalue weighted by atomic mass is 16.1. The molecule has 0 amide bonds. The number of hydrogen-bond donors (Lipinski definition) is 2. The molecule has 0 aromatic carbocycles. The topological polar surface area (TPSA) is 61.0 Å². The molecule has 5 heteroatoms. The third-order valence-corrected chi connectivity index (χ3v) is 4.08. The first-order chi connectivity index (χ1) is 9.24. The first-order valence-corrected chi connectivity index (χ1v) is 7.32. The number of nitrogens with zero attached hydrogens (tertiary/aromatic N) is 2. The lowest BCUT2D eigenvalue weighted by molar-refractivity contribution is 0.316. The van der Waals surface area contributed by atoms with Crippen LogP contribution in [-0.4, -0.2) is 40.5 Å². The average Bonchev–Trinajstić information content (AvgIpc) is 3.15. The van der Waals surface area contributed by atoms with Gasteiger partial charge in [0.25, 0.3) is 5.56 Å². The van der Waals surface area contributed by atoms with E-state index >= 15 is 0 Å². The fraction of sp³-hybridized carbons (Fsp3) is 0.714. The first-order valence-electron chi connectivity index (χ1n) is 7.32. The summed E-state index contributed by atoms with van der Waals surface area (Å²) in [5.74, 6) is 2.15. The van der Waals surface area contributed by atoms with E-state index < -0.39 is 0 Å². The Labute approximate surface area is 113 Å². The zero-order valence-corrected chi connectivity index (χ0v) is 11.5. The maximum absolute atomic E-state index is 11.5. The molecule has 104 valence electrons. The van der Waals surface area contributed by atoms with Crippen molar-refractivity contribution in [3.8, 4) is 0 Å². The second kappa shape index (κ2) is 5.33. The summed E-state index contributed by atoms with van der Waals surface area (Å²) in [5.41, 5.74) is -0.0691. The van der Waals surface area contributed by atoms with E-state index in [4.69, 9.17) is 0 Å². The van der Waals surface area contributed by atoms with Gasteiger partial charge in [0.1, 0.15) is 11.6 Å². The van der Waals surface area contributed by atoms with Crippen molar-refractivity contribution >= 4 is 5.82 Å². The molecule has 0 spiro atoms. The van der Waals surface area contributed by atoms with E-state index in [1.165, 1.54) is 32.4 Å². The smallest absolute Gasteiger partial charge is 0.252 e. The van der Waals surface area contributed by atoms with E-state index in [1.807, 2.05) is 6.92 Å². The number of aromatic nitrogens is 2. The fourth-order valence-electron chi connectivity index (χ4n) is 2.82. The Morgan fingerprint density at radius 1 is 1.47 bits per heavy atom. The van der Waals surface area contributed by atoms with Gasteiger partial charge in [-0.15, -0.1) is 0 Å². The van der Waals surface area contributed by atoms with Crippen LogP contribution in [0.5, 0.6) is 0 Å². The molecule has 1 aromatic rings. The molecule has 2 aliphatic rings. The highest BCUT2D eigenvalue weighted by Crippen LogP contribution is 2.31. The highest BCUT2D eigenvalue weighted by Gasteiger charge is 2.34. The summed E-state index contributed by atoms with van der Waals surface area (Å²) in [5, 5.41) is 3.32. The van der Waals surface area contributed by atoms with Gasteiger partial charge >= 0.3 is 0 Å². The number of rotatable bonds is 5. The number of aryl methyl sites for hydroxylation is 1. The van der Waals surface area contributed by atoms with Crippen LogP contribution in [0, 0.1) is 5.92 Å². The first kappa shape index (κ1) is 12.7. The zero-order valence-electron chi connectivity index (χ0n) is 11.5. The van der Waals surface area contributed by atoms with Crippen LogP contribution in [0.4, 0.5) is 5.82 Å². The Kier molecular flexibility index (Phi) is 3.55. The minimum atomic E-state index is -0.0691. The van der Waals surface area contributed by atoms with Gasteiger partial charge in [-0.2, -0.15) is 0 Å². The summed E-state index contributed by atoms with van der Waals surface area (Å²) in [4.78, 5) is 21.2. The quantitative estimate of drug-likeness (QED) is 0.838. The summed E-state index contributed by atoms with van der Waals surface area (Å²) in [6.07, 6.45) is 4.78. The molecule has 5 nitrogen and oxygen atoms in total. The summed E-state index contributed by atoms with van der Waals surface area (Å²) in [6, 6.07) is 2.42. The van der Waals surface area contributed by atoms with Crippen molar-refractivity contribution in [1.29, 1.82) is 0 Å². The van der Waals surface area contributed by atoms with Crippen molar-refractivity contribution in [3.05, 3.63) is 22.2 Å². The predicted molar refractivity (Wildman–Crippen MR) is 75.4 cm³/mol. The molecule has 2 N–H and O–H groups in total. The van der Waals surface area contributed by atoms with Gasteiger partial charge in [0.2, 0.25) is 0 Å². The van der Waals surface area contributed by atoms with Gasteiger partial charge < -0.3 is 15.2 Å². The van der Waals surface area contributed by atoms with E-state index in [9.17, 15) is 4.79 Å². The van der Waals surface area contributed by atoms with Gasteiger partial charge in [0, 0.05) is 31.6 Å². The monoisotopic (exact) mass is 262 g/mol. The van der Waals surface area contributed by atoms with Crippen molar-refractivity contribution in [2.24, 2.45) is 5.92 Å². The zero-order chi connectivity index (χ0) is 13.2. The summed E-state index contributed by atoms with van der Waals surface area (Å²) < 4.78 is 0. The molecular weight excluding hydrogens is 240 g/mol. The second-order valence-corrected chi connectivity index (χ2v) is 5.69. The maximum Gasteiger partial charge on any atom is 0.252 e. The van der Waals surface area contributed by atoms with E-state index in [1.54, 1.807) is 6.07 Å². The van der Waals surface area contributed by atoms with Crippen LogP contribution in [0.25, 0.3) is 0 Å². The lowest BCUT2D eigenvalue weighted by Gasteiger charge is -2.15. The number of aromatic amines is 1. The van der Waals surface area contributed by atoms with Crippen LogP contribution in [0.2, 0.25) is 0 Å². The lowest BCUT2D eigenvalue weighted by Crippen LogP contribution is -2.25. The molecular formula is C14H22N4O. The number of nitrogens with one attached hydrogen (secondary N) is 2. The number of hydrogen-bond acceptors (Lipinski definition) is 4. The predicted octanol–water partition coefficient (Wildman–Crippen LogP) is 1.23. The van der Waals surface area contributed by atoms with E-state index in [0.29, 0.717) is 11.7 Å². The van der Waals surface area contributed by atoms with Crippen LogP contribution >= 0.6 is 0 Å². The summed E-state index contributed by atoms with van der Waals surface area (Å²) >= 11 is 0. The third kappa shape index (κ3) is 3.15. The molecule has 1 unspecified atom stereocenters. The standard InChI is InChI=1S/C14H22N4O/c1-2-12-16-13(7-14(19)17-12)15-8-10-5-6-18(9-10)11-3-4-11/h7,10-11H,2-6,8-9H2,1H3,(H2,15,16,17,19). The van der Waals surface area contributed by atoms with Gasteiger partial charge in [-0.3, -0.25) is 4.79 Å². The Hall–Kier alpha value is -1.36. The van der Waals surface area contributed by atoms with Crippen LogP contribution in [-0.2, 0) is 6.42 Å². The minimum Gasteiger partial charge on any atom is -0.370 e. The molecule has 1 saturated carbocycles. The maximum atomic E-state index is 11.5. The molecule has 0 bridgehead atoms. The summed E-state index contributed by atoms with van der Waals surface area (Å²) in [7, 11) is 0. The van der Waals surface area contributed by atoms with Gasteiger partial charge in [0.05, 0.1) is 0 Å². The van der Waals surface area contributed by atoms with Crippen LogP contribution in [0.3, 0.4) is 0 Å². The third-order valence-electron chi connectivity index (χ3n) is 4.08. The van der Waals surface area contributed by atoms with Crippen molar-refractivity contribution in [2.75, 3.05) is 25.0 Å². The second-order valence-electron chi connectivity index (χ2n) is 5.69. The van der Waals surface area contributed by atoms with Gasteiger partial charge in [-0.05, 0) is 31.7 Å². The van der Waals surface area contributed by atoms with Crippen molar-refractivity contribution in [1.82, 2.24) is 14.9 Å². The largest absolute Gasteiger partial charge is 0.370 e. The fourth-order valence-corrected chi connectivity index (χ4v) is 2.82. The van der Waals surface area contributed by atoms with Crippen molar-refractivity contribution in [2.45, 2.75) is 38.6 Å². The molecule has 1 aliphatic heterocycles.